The molecule has 108 valence electrons. The Kier molecular flexibility index (Phi) is 4.78. The molecule has 0 unspecified atom stereocenters. The van der Waals surface area contributed by atoms with Crippen molar-refractivity contribution in [3.05, 3.63) is 53.1 Å². The fraction of sp³-hybridized carbons (Fsp3) is 0.0714. The Balaban J connectivity index is 2.34. The van der Waals surface area contributed by atoms with Crippen molar-refractivity contribution in [1.82, 2.24) is 0 Å². The summed E-state index contributed by atoms with van der Waals surface area (Å²) in [5.74, 6) is 0. The molecule has 4 nitrogen and oxygen atoms in total. The standard InChI is InChI=1S/C14H11ClN2O2S2/c1-10-8-11(20-9-16)6-7-13(10)17-21(18,19)14-5-3-2-4-12(14)15/h2-8,17H,1H3. The van der Waals surface area contributed by atoms with Crippen LogP contribution in [0.15, 0.2) is 52.3 Å². The molecule has 2 rings (SSSR count). The fourth-order valence-electron chi connectivity index (χ4n) is 1.73. The topological polar surface area (TPSA) is 70.0 Å². The minimum atomic E-state index is -3.75. The van der Waals surface area contributed by atoms with Gasteiger partial charge >= 0.3 is 0 Å². The second-order valence-corrected chi connectivity index (χ2v) is 7.12. The molecule has 0 heterocycles. The maximum atomic E-state index is 12.3. The molecule has 0 atom stereocenters. The predicted molar refractivity (Wildman–Crippen MR) is 84.9 cm³/mol. The number of nitrogens with one attached hydrogen (secondary N) is 1. The number of nitrogens with zero attached hydrogens (tertiary/aromatic N) is 1. The number of aryl methyl sites for hydroxylation is 1. The molecule has 0 amide bonds. The molecule has 0 saturated heterocycles. The number of halogens is 1. The van der Waals surface area contributed by atoms with Crippen LogP contribution in [0.3, 0.4) is 0 Å². The number of benzene rings is 2. The summed E-state index contributed by atoms with van der Waals surface area (Å²) in [5, 5.41) is 10.8. The summed E-state index contributed by atoms with van der Waals surface area (Å²) in [7, 11) is -3.75. The van der Waals surface area contributed by atoms with Gasteiger partial charge in [0.05, 0.1) is 10.7 Å². The van der Waals surface area contributed by atoms with E-state index in [1.54, 1.807) is 37.3 Å². The lowest BCUT2D eigenvalue weighted by atomic mass is 10.2. The molecule has 1 N–H and O–H groups in total. The molecule has 0 aromatic heterocycles. The van der Waals surface area contributed by atoms with Crippen LogP contribution in [-0.2, 0) is 10.0 Å². The van der Waals surface area contributed by atoms with E-state index >= 15 is 0 Å². The van der Waals surface area contributed by atoms with E-state index in [9.17, 15) is 8.42 Å². The lowest BCUT2D eigenvalue weighted by Gasteiger charge is -2.12. The van der Waals surface area contributed by atoms with Gasteiger partial charge in [0.25, 0.3) is 10.0 Å². The van der Waals surface area contributed by atoms with Crippen LogP contribution >= 0.6 is 23.4 Å². The third kappa shape index (κ3) is 3.70. The first-order valence-corrected chi connectivity index (χ1v) is 8.56. The Morgan fingerprint density at radius 3 is 2.57 bits per heavy atom. The first kappa shape index (κ1) is 15.7. The lowest BCUT2D eigenvalue weighted by Crippen LogP contribution is -2.14. The molecule has 2 aromatic carbocycles. The Labute approximate surface area is 132 Å². The van der Waals surface area contributed by atoms with Crippen molar-refractivity contribution < 1.29 is 8.42 Å². The van der Waals surface area contributed by atoms with Crippen LogP contribution in [0.4, 0.5) is 5.69 Å². The SMILES string of the molecule is Cc1cc(SC#N)ccc1NS(=O)(=O)c1ccccc1Cl. The van der Waals surface area contributed by atoms with Gasteiger partial charge in [-0.2, -0.15) is 5.26 Å². The Morgan fingerprint density at radius 1 is 1.24 bits per heavy atom. The zero-order valence-electron chi connectivity index (χ0n) is 11.0. The van der Waals surface area contributed by atoms with Crippen molar-refractivity contribution in [2.75, 3.05) is 4.72 Å². The first-order chi connectivity index (χ1) is 9.94. The summed E-state index contributed by atoms with van der Waals surface area (Å²) >= 11 is 6.94. The van der Waals surface area contributed by atoms with E-state index in [0.29, 0.717) is 5.69 Å². The Morgan fingerprint density at radius 2 is 1.95 bits per heavy atom. The van der Waals surface area contributed by atoms with Gasteiger partial charge in [0, 0.05) is 4.90 Å². The van der Waals surface area contributed by atoms with Crippen molar-refractivity contribution in [2.45, 2.75) is 16.7 Å². The molecule has 0 saturated carbocycles. The van der Waals surface area contributed by atoms with Crippen LogP contribution in [0.2, 0.25) is 5.02 Å². The van der Waals surface area contributed by atoms with E-state index in [4.69, 9.17) is 16.9 Å². The zero-order valence-corrected chi connectivity index (χ0v) is 13.4. The highest BCUT2D eigenvalue weighted by molar-refractivity contribution is 8.03. The van der Waals surface area contributed by atoms with Gasteiger partial charge in [-0.15, -0.1) is 0 Å². The predicted octanol–water partition coefficient (Wildman–Crippen LogP) is 4.02. The van der Waals surface area contributed by atoms with Crippen molar-refractivity contribution in [3.8, 4) is 5.40 Å². The molecule has 0 radical (unpaired) electrons. The summed E-state index contributed by atoms with van der Waals surface area (Å²) in [6, 6.07) is 11.3. The molecule has 0 fully saturated rings. The summed E-state index contributed by atoms with van der Waals surface area (Å²) in [6.45, 7) is 1.77. The van der Waals surface area contributed by atoms with Gasteiger partial charge in [-0.25, -0.2) is 8.42 Å². The maximum Gasteiger partial charge on any atom is 0.263 e. The average molecular weight is 339 g/mol. The Hall–Kier alpha value is -1.68. The number of nitriles is 1. The molecule has 0 aliphatic carbocycles. The van der Waals surface area contributed by atoms with Gasteiger partial charge in [0.1, 0.15) is 10.3 Å². The maximum absolute atomic E-state index is 12.3. The van der Waals surface area contributed by atoms with Crippen LogP contribution < -0.4 is 4.72 Å². The largest absolute Gasteiger partial charge is 0.279 e. The number of rotatable bonds is 4. The van der Waals surface area contributed by atoms with Crippen LogP contribution in [0.1, 0.15) is 5.56 Å². The minimum Gasteiger partial charge on any atom is -0.279 e. The highest BCUT2D eigenvalue weighted by atomic mass is 35.5. The van der Waals surface area contributed by atoms with E-state index in [1.165, 1.54) is 12.1 Å². The van der Waals surface area contributed by atoms with Crippen molar-refractivity contribution in [1.29, 1.82) is 5.26 Å². The van der Waals surface area contributed by atoms with Crippen molar-refractivity contribution >= 4 is 39.1 Å². The van der Waals surface area contributed by atoms with Gasteiger partial charge in [-0.05, 0) is 54.6 Å². The molecule has 0 aliphatic heterocycles. The van der Waals surface area contributed by atoms with E-state index in [-0.39, 0.29) is 9.92 Å². The van der Waals surface area contributed by atoms with Gasteiger partial charge in [0.2, 0.25) is 0 Å². The van der Waals surface area contributed by atoms with Gasteiger partial charge in [0.15, 0.2) is 0 Å². The summed E-state index contributed by atoms with van der Waals surface area (Å²) in [4.78, 5) is 0.789. The highest BCUT2D eigenvalue weighted by Gasteiger charge is 2.18. The molecule has 21 heavy (non-hydrogen) atoms. The monoisotopic (exact) mass is 338 g/mol. The fourth-order valence-corrected chi connectivity index (χ4v) is 3.86. The molecule has 0 aliphatic rings. The molecule has 7 heteroatoms. The Bertz CT molecular complexity index is 814. The number of anilines is 1. The highest BCUT2D eigenvalue weighted by Crippen LogP contribution is 2.27. The van der Waals surface area contributed by atoms with Gasteiger partial charge in [-0.3, -0.25) is 4.72 Å². The summed E-state index contributed by atoms with van der Waals surface area (Å²) in [6.07, 6.45) is 0. The van der Waals surface area contributed by atoms with Crippen LogP contribution in [0, 0.1) is 17.6 Å². The number of thiocyanates is 1. The molecule has 0 bridgehead atoms. The normalized spacial score (nSPS) is 10.9. The van der Waals surface area contributed by atoms with E-state index < -0.39 is 10.0 Å². The number of thioether (sulfide) groups is 1. The van der Waals surface area contributed by atoms with E-state index in [2.05, 4.69) is 4.72 Å². The number of hydrogen-bond donors (Lipinski definition) is 1. The minimum absolute atomic E-state index is 0.0292. The first-order valence-electron chi connectivity index (χ1n) is 5.88. The molecular weight excluding hydrogens is 328 g/mol. The molecular formula is C14H11ClN2O2S2. The number of hydrogen-bond acceptors (Lipinski definition) is 4. The zero-order chi connectivity index (χ0) is 15.5. The quantitative estimate of drug-likeness (QED) is 0.675. The molecule has 0 spiro atoms. The van der Waals surface area contributed by atoms with Crippen molar-refractivity contribution in [2.24, 2.45) is 0 Å². The van der Waals surface area contributed by atoms with Gasteiger partial charge < -0.3 is 0 Å². The number of sulfonamides is 1. The van der Waals surface area contributed by atoms with E-state index in [0.717, 1.165) is 22.2 Å². The van der Waals surface area contributed by atoms with Crippen LogP contribution in [-0.4, -0.2) is 8.42 Å². The second kappa shape index (κ2) is 6.39. The smallest absolute Gasteiger partial charge is 0.263 e. The molecule has 2 aromatic rings. The third-order valence-electron chi connectivity index (χ3n) is 2.73. The van der Waals surface area contributed by atoms with Gasteiger partial charge in [-0.1, -0.05) is 23.7 Å². The third-order valence-corrected chi connectivity index (χ3v) is 5.18. The van der Waals surface area contributed by atoms with Crippen molar-refractivity contribution in [3.63, 3.8) is 0 Å². The average Bonchev–Trinajstić information content (AvgIpc) is 2.42. The lowest BCUT2D eigenvalue weighted by molar-refractivity contribution is 0.601. The van der Waals surface area contributed by atoms with Crippen LogP contribution in [0.5, 0.6) is 0 Å². The summed E-state index contributed by atoms with van der Waals surface area (Å²) < 4.78 is 27.2. The van der Waals surface area contributed by atoms with Crippen LogP contribution in [0.25, 0.3) is 0 Å². The summed E-state index contributed by atoms with van der Waals surface area (Å²) in [5.41, 5.74) is 1.18. The second-order valence-electron chi connectivity index (χ2n) is 4.21. The van der Waals surface area contributed by atoms with E-state index in [1.807, 2.05) is 5.40 Å².